The SMILES string of the molecule is COc1ccc2c(N)cc(=O)[nH]c2c1OC1CCCC1. The number of nitrogen functional groups attached to an aromatic ring is 1. The van der Waals surface area contributed by atoms with Crippen LogP contribution in [0.2, 0.25) is 0 Å². The maximum absolute atomic E-state index is 11.7. The highest BCUT2D eigenvalue weighted by atomic mass is 16.5. The van der Waals surface area contributed by atoms with E-state index >= 15 is 0 Å². The van der Waals surface area contributed by atoms with Gasteiger partial charge in [0.05, 0.1) is 18.7 Å². The van der Waals surface area contributed by atoms with Gasteiger partial charge in [0.2, 0.25) is 0 Å². The zero-order valence-electron chi connectivity index (χ0n) is 11.4. The van der Waals surface area contributed by atoms with Crippen molar-refractivity contribution in [3.05, 3.63) is 28.6 Å². The van der Waals surface area contributed by atoms with Gasteiger partial charge in [-0.1, -0.05) is 0 Å². The van der Waals surface area contributed by atoms with Crippen molar-refractivity contribution < 1.29 is 9.47 Å². The van der Waals surface area contributed by atoms with Crippen molar-refractivity contribution in [1.29, 1.82) is 0 Å². The van der Waals surface area contributed by atoms with Gasteiger partial charge < -0.3 is 20.2 Å². The summed E-state index contributed by atoms with van der Waals surface area (Å²) in [6.07, 6.45) is 4.60. The summed E-state index contributed by atoms with van der Waals surface area (Å²) in [5, 5.41) is 0.776. The first-order valence-electron chi connectivity index (χ1n) is 6.85. The molecule has 3 N–H and O–H groups in total. The molecule has 5 heteroatoms. The number of rotatable bonds is 3. The molecule has 20 heavy (non-hydrogen) atoms. The first-order chi connectivity index (χ1) is 9.69. The molecule has 1 aromatic carbocycles. The number of pyridine rings is 1. The van der Waals surface area contributed by atoms with Crippen LogP contribution in [-0.4, -0.2) is 18.2 Å². The van der Waals surface area contributed by atoms with E-state index in [-0.39, 0.29) is 11.7 Å². The van der Waals surface area contributed by atoms with Crippen LogP contribution in [0.25, 0.3) is 10.9 Å². The maximum Gasteiger partial charge on any atom is 0.250 e. The average molecular weight is 274 g/mol. The van der Waals surface area contributed by atoms with E-state index in [0.717, 1.165) is 18.2 Å². The van der Waals surface area contributed by atoms with E-state index in [9.17, 15) is 4.79 Å². The molecule has 0 spiro atoms. The van der Waals surface area contributed by atoms with Crippen LogP contribution in [0.1, 0.15) is 25.7 Å². The number of hydrogen-bond donors (Lipinski definition) is 2. The predicted octanol–water partition coefficient (Wildman–Crippen LogP) is 2.44. The summed E-state index contributed by atoms with van der Waals surface area (Å²) in [6.45, 7) is 0. The van der Waals surface area contributed by atoms with Crippen LogP contribution in [0.4, 0.5) is 5.69 Å². The highest BCUT2D eigenvalue weighted by molar-refractivity contribution is 5.95. The molecule has 5 nitrogen and oxygen atoms in total. The Balaban J connectivity index is 2.16. The van der Waals surface area contributed by atoms with Gasteiger partial charge in [0.25, 0.3) is 5.56 Å². The third-order valence-corrected chi connectivity index (χ3v) is 3.77. The molecule has 2 aromatic rings. The molecule has 0 radical (unpaired) electrons. The quantitative estimate of drug-likeness (QED) is 0.901. The largest absolute Gasteiger partial charge is 0.493 e. The Morgan fingerprint density at radius 2 is 2.05 bits per heavy atom. The van der Waals surface area contributed by atoms with Crippen molar-refractivity contribution in [2.45, 2.75) is 31.8 Å². The summed E-state index contributed by atoms with van der Waals surface area (Å²) >= 11 is 0. The number of methoxy groups -OCH3 is 1. The monoisotopic (exact) mass is 274 g/mol. The third kappa shape index (κ3) is 2.19. The van der Waals surface area contributed by atoms with Crippen LogP contribution in [0.15, 0.2) is 23.0 Å². The van der Waals surface area contributed by atoms with Crippen LogP contribution in [0.3, 0.4) is 0 Å². The number of anilines is 1. The molecule has 1 aliphatic carbocycles. The van der Waals surface area contributed by atoms with Gasteiger partial charge in [-0.15, -0.1) is 0 Å². The van der Waals surface area contributed by atoms with E-state index in [0.29, 0.717) is 22.7 Å². The summed E-state index contributed by atoms with van der Waals surface area (Å²) in [4.78, 5) is 14.5. The fourth-order valence-corrected chi connectivity index (χ4v) is 2.76. The molecule has 0 unspecified atom stereocenters. The standard InChI is InChI=1S/C15H18N2O3/c1-19-12-7-6-10-11(16)8-13(18)17-14(10)15(12)20-9-4-2-3-5-9/h6-9H,2-5H2,1H3,(H3,16,17,18). The topological polar surface area (TPSA) is 77.3 Å². The minimum absolute atomic E-state index is 0.180. The molecule has 3 rings (SSSR count). The Labute approximate surface area is 116 Å². The second-order valence-corrected chi connectivity index (χ2v) is 5.13. The van der Waals surface area contributed by atoms with Gasteiger partial charge in [0.15, 0.2) is 11.5 Å². The molecule has 0 aliphatic heterocycles. The summed E-state index contributed by atoms with van der Waals surface area (Å²) < 4.78 is 11.4. The Hall–Kier alpha value is -2.17. The molecule has 1 aromatic heterocycles. The lowest BCUT2D eigenvalue weighted by Crippen LogP contribution is -2.14. The number of benzene rings is 1. The van der Waals surface area contributed by atoms with Crippen LogP contribution in [0.5, 0.6) is 11.5 Å². The molecule has 1 saturated carbocycles. The minimum Gasteiger partial charge on any atom is -0.493 e. The molecule has 106 valence electrons. The van der Waals surface area contributed by atoms with Gasteiger partial charge in [-0.2, -0.15) is 0 Å². The number of fused-ring (bicyclic) bond motifs is 1. The normalized spacial score (nSPS) is 15.7. The van der Waals surface area contributed by atoms with Crippen LogP contribution in [-0.2, 0) is 0 Å². The zero-order chi connectivity index (χ0) is 14.1. The van der Waals surface area contributed by atoms with Gasteiger partial charge in [0.1, 0.15) is 0 Å². The van der Waals surface area contributed by atoms with Crippen molar-refractivity contribution >= 4 is 16.6 Å². The molecule has 0 bridgehead atoms. The number of nitrogens with two attached hydrogens (primary N) is 1. The van der Waals surface area contributed by atoms with Crippen LogP contribution in [0, 0.1) is 0 Å². The summed E-state index contributed by atoms with van der Waals surface area (Å²) in [6, 6.07) is 5.04. The number of aromatic amines is 1. The highest BCUT2D eigenvalue weighted by Crippen LogP contribution is 2.38. The van der Waals surface area contributed by atoms with Gasteiger partial charge in [0, 0.05) is 17.1 Å². The predicted molar refractivity (Wildman–Crippen MR) is 78.4 cm³/mol. The molecule has 0 saturated heterocycles. The van der Waals surface area contributed by atoms with Gasteiger partial charge >= 0.3 is 0 Å². The molecular formula is C15H18N2O3. The van der Waals surface area contributed by atoms with Crippen molar-refractivity contribution in [2.24, 2.45) is 0 Å². The minimum atomic E-state index is -0.237. The van der Waals surface area contributed by atoms with Gasteiger partial charge in [-0.25, -0.2) is 0 Å². The lowest BCUT2D eigenvalue weighted by molar-refractivity contribution is 0.203. The van der Waals surface area contributed by atoms with E-state index in [1.54, 1.807) is 7.11 Å². The number of H-pyrrole nitrogens is 1. The van der Waals surface area contributed by atoms with Crippen LogP contribution < -0.4 is 20.8 Å². The van der Waals surface area contributed by atoms with Crippen LogP contribution >= 0.6 is 0 Å². The smallest absolute Gasteiger partial charge is 0.250 e. The maximum atomic E-state index is 11.7. The fraction of sp³-hybridized carbons (Fsp3) is 0.400. The second-order valence-electron chi connectivity index (χ2n) is 5.13. The molecule has 1 aliphatic rings. The Bertz CT molecular complexity index is 687. The molecule has 0 atom stereocenters. The Morgan fingerprint density at radius 1 is 1.30 bits per heavy atom. The number of nitrogens with one attached hydrogen (secondary N) is 1. The first kappa shape index (κ1) is 12.8. The fourth-order valence-electron chi connectivity index (χ4n) is 2.76. The summed E-state index contributed by atoms with van der Waals surface area (Å²) in [7, 11) is 1.59. The van der Waals surface area contributed by atoms with E-state index in [1.165, 1.54) is 18.9 Å². The summed E-state index contributed by atoms with van der Waals surface area (Å²) in [5.74, 6) is 1.20. The second kappa shape index (κ2) is 5.07. The Morgan fingerprint density at radius 3 is 2.75 bits per heavy atom. The van der Waals surface area contributed by atoms with Crippen molar-refractivity contribution in [3.63, 3.8) is 0 Å². The molecule has 1 fully saturated rings. The van der Waals surface area contributed by atoms with E-state index < -0.39 is 0 Å². The lowest BCUT2D eigenvalue weighted by Gasteiger charge is -2.18. The van der Waals surface area contributed by atoms with Crippen molar-refractivity contribution in [2.75, 3.05) is 12.8 Å². The average Bonchev–Trinajstić information content (AvgIpc) is 2.92. The van der Waals surface area contributed by atoms with E-state index in [4.69, 9.17) is 15.2 Å². The number of ether oxygens (including phenoxy) is 2. The van der Waals surface area contributed by atoms with Gasteiger partial charge in [-0.05, 0) is 37.8 Å². The highest BCUT2D eigenvalue weighted by Gasteiger charge is 2.21. The molecule has 0 amide bonds. The first-order valence-corrected chi connectivity index (χ1v) is 6.85. The Kier molecular flexibility index (Phi) is 3.26. The van der Waals surface area contributed by atoms with E-state index in [2.05, 4.69) is 4.98 Å². The van der Waals surface area contributed by atoms with Crippen molar-refractivity contribution in [3.8, 4) is 11.5 Å². The molecular weight excluding hydrogens is 256 g/mol. The molecule has 1 heterocycles. The zero-order valence-corrected chi connectivity index (χ0v) is 11.4. The third-order valence-electron chi connectivity index (χ3n) is 3.77. The van der Waals surface area contributed by atoms with Gasteiger partial charge in [-0.3, -0.25) is 4.79 Å². The lowest BCUT2D eigenvalue weighted by atomic mass is 10.1. The van der Waals surface area contributed by atoms with E-state index in [1.807, 2.05) is 12.1 Å². The summed E-state index contributed by atoms with van der Waals surface area (Å²) in [5.41, 5.74) is 6.73. The van der Waals surface area contributed by atoms with Crippen molar-refractivity contribution in [1.82, 2.24) is 4.98 Å². The number of aromatic nitrogens is 1. The number of hydrogen-bond acceptors (Lipinski definition) is 4.